The third-order valence-corrected chi connectivity index (χ3v) is 4.71. The number of rotatable bonds is 2. The number of nitrogens with zero attached hydrogens (tertiary/aromatic N) is 5. The van der Waals surface area contributed by atoms with Crippen LogP contribution in [0.3, 0.4) is 0 Å². The molecule has 0 aliphatic carbocycles. The second-order valence-electron chi connectivity index (χ2n) is 5.87. The first kappa shape index (κ1) is 12.1. The molecule has 0 aromatic carbocycles. The van der Waals surface area contributed by atoms with Gasteiger partial charge in [0.2, 0.25) is 0 Å². The molecule has 0 saturated carbocycles. The van der Waals surface area contributed by atoms with E-state index in [0.717, 1.165) is 16.9 Å². The van der Waals surface area contributed by atoms with Crippen LogP contribution in [0.2, 0.25) is 0 Å². The van der Waals surface area contributed by atoms with Gasteiger partial charge in [-0.1, -0.05) is 6.42 Å². The first-order valence-corrected chi connectivity index (χ1v) is 7.46. The van der Waals surface area contributed by atoms with Crippen molar-refractivity contribution in [1.29, 1.82) is 0 Å². The second kappa shape index (κ2) is 4.70. The maximum atomic E-state index is 4.43. The number of aryl methyl sites for hydroxylation is 1. The highest BCUT2D eigenvalue weighted by Gasteiger charge is 2.35. The Labute approximate surface area is 118 Å². The SMILES string of the molecule is Cn1ncc2c(N[C@@H]3CCN4CCCC[C@H]34)ncnc21. The molecule has 0 unspecified atom stereocenters. The molecule has 4 rings (SSSR count). The topological polar surface area (TPSA) is 58.9 Å². The molecule has 2 aliphatic heterocycles. The maximum Gasteiger partial charge on any atom is 0.163 e. The third kappa shape index (κ3) is 1.86. The van der Waals surface area contributed by atoms with Crippen LogP contribution in [-0.2, 0) is 7.05 Å². The number of hydrogen-bond acceptors (Lipinski definition) is 5. The van der Waals surface area contributed by atoms with Crippen LogP contribution in [0.5, 0.6) is 0 Å². The van der Waals surface area contributed by atoms with Gasteiger partial charge in [0.05, 0.1) is 11.6 Å². The van der Waals surface area contributed by atoms with Crippen LogP contribution in [-0.4, -0.2) is 49.8 Å². The van der Waals surface area contributed by atoms with E-state index < -0.39 is 0 Å². The minimum atomic E-state index is 0.508. The summed E-state index contributed by atoms with van der Waals surface area (Å²) in [5.41, 5.74) is 0.890. The summed E-state index contributed by atoms with van der Waals surface area (Å²) in [5.74, 6) is 0.931. The van der Waals surface area contributed by atoms with Gasteiger partial charge in [-0.15, -0.1) is 0 Å². The number of anilines is 1. The quantitative estimate of drug-likeness (QED) is 0.895. The number of nitrogens with one attached hydrogen (secondary N) is 1. The highest BCUT2D eigenvalue weighted by molar-refractivity contribution is 5.86. The molecular weight excluding hydrogens is 252 g/mol. The molecule has 2 saturated heterocycles. The van der Waals surface area contributed by atoms with Gasteiger partial charge in [0.1, 0.15) is 12.1 Å². The molecule has 2 atom stereocenters. The third-order valence-electron chi connectivity index (χ3n) is 4.71. The van der Waals surface area contributed by atoms with E-state index in [4.69, 9.17) is 0 Å². The van der Waals surface area contributed by atoms with Crippen LogP contribution in [0, 0.1) is 0 Å². The zero-order valence-corrected chi connectivity index (χ0v) is 11.8. The molecular formula is C14H20N6. The molecule has 1 N–H and O–H groups in total. The lowest BCUT2D eigenvalue weighted by molar-refractivity contribution is 0.192. The summed E-state index contributed by atoms with van der Waals surface area (Å²) in [6.07, 6.45) is 8.69. The van der Waals surface area contributed by atoms with Crippen LogP contribution in [0.1, 0.15) is 25.7 Å². The Morgan fingerprint density at radius 2 is 2.15 bits per heavy atom. The van der Waals surface area contributed by atoms with Crippen LogP contribution >= 0.6 is 0 Å². The predicted octanol–water partition coefficient (Wildman–Crippen LogP) is 1.40. The summed E-state index contributed by atoms with van der Waals surface area (Å²) in [5, 5.41) is 8.94. The molecule has 2 aliphatic rings. The van der Waals surface area contributed by atoms with Gasteiger partial charge in [-0.05, 0) is 25.8 Å². The van der Waals surface area contributed by atoms with Crippen molar-refractivity contribution in [3.8, 4) is 0 Å². The normalized spacial score (nSPS) is 26.9. The summed E-state index contributed by atoms with van der Waals surface area (Å²) >= 11 is 0. The number of fused-ring (bicyclic) bond motifs is 2. The molecule has 0 bridgehead atoms. The van der Waals surface area contributed by atoms with Crippen molar-refractivity contribution in [2.24, 2.45) is 7.05 Å². The first-order chi connectivity index (χ1) is 9.83. The van der Waals surface area contributed by atoms with Gasteiger partial charge >= 0.3 is 0 Å². The lowest BCUT2D eigenvalue weighted by atomic mass is 9.99. The molecule has 6 nitrogen and oxygen atoms in total. The van der Waals surface area contributed by atoms with E-state index in [-0.39, 0.29) is 0 Å². The van der Waals surface area contributed by atoms with Crippen molar-refractivity contribution in [2.45, 2.75) is 37.8 Å². The molecule has 4 heterocycles. The lowest BCUT2D eigenvalue weighted by Crippen LogP contribution is -2.41. The predicted molar refractivity (Wildman–Crippen MR) is 77.5 cm³/mol. The average molecular weight is 272 g/mol. The van der Waals surface area contributed by atoms with Crippen molar-refractivity contribution >= 4 is 16.9 Å². The fourth-order valence-corrected chi connectivity index (χ4v) is 3.67. The van der Waals surface area contributed by atoms with E-state index in [1.807, 2.05) is 13.2 Å². The molecule has 20 heavy (non-hydrogen) atoms. The largest absolute Gasteiger partial charge is 0.365 e. The van der Waals surface area contributed by atoms with Gasteiger partial charge in [0.25, 0.3) is 0 Å². The Balaban J connectivity index is 1.61. The molecule has 106 valence electrons. The maximum absolute atomic E-state index is 4.43. The Kier molecular flexibility index (Phi) is 2.84. The Hall–Kier alpha value is -1.69. The molecule has 0 radical (unpaired) electrons. The monoisotopic (exact) mass is 272 g/mol. The van der Waals surface area contributed by atoms with Crippen LogP contribution in [0.25, 0.3) is 11.0 Å². The van der Waals surface area contributed by atoms with Crippen molar-refractivity contribution in [3.05, 3.63) is 12.5 Å². The fraction of sp³-hybridized carbons (Fsp3) is 0.643. The number of hydrogen-bond donors (Lipinski definition) is 1. The number of piperidine rings is 1. The van der Waals surface area contributed by atoms with Crippen molar-refractivity contribution < 1.29 is 0 Å². The molecule has 2 aromatic rings. The van der Waals surface area contributed by atoms with Gasteiger partial charge in [-0.3, -0.25) is 9.58 Å². The highest BCUT2D eigenvalue weighted by atomic mass is 15.3. The number of aromatic nitrogens is 4. The Morgan fingerprint density at radius 3 is 3.10 bits per heavy atom. The highest BCUT2D eigenvalue weighted by Crippen LogP contribution is 2.30. The molecule has 2 fully saturated rings. The summed E-state index contributed by atoms with van der Waals surface area (Å²) in [6.45, 7) is 2.47. The Bertz CT molecular complexity index is 621. The zero-order chi connectivity index (χ0) is 13.5. The van der Waals surface area contributed by atoms with Gasteiger partial charge < -0.3 is 5.32 Å². The fourth-order valence-electron chi connectivity index (χ4n) is 3.67. The van der Waals surface area contributed by atoms with Crippen molar-refractivity contribution in [3.63, 3.8) is 0 Å². The minimum Gasteiger partial charge on any atom is -0.365 e. The summed E-state index contributed by atoms with van der Waals surface area (Å²) in [6, 6.07) is 1.18. The van der Waals surface area contributed by atoms with Crippen LogP contribution in [0.15, 0.2) is 12.5 Å². The molecule has 2 aromatic heterocycles. The zero-order valence-electron chi connectivity index (χ0n) is 11.8. The van der Waals surface area contributed by atoms with Gasteiger partial charge in [0.15, 0.2) is 5.65 Å². The van der Waals surface area contributed by atoms with Crippen LogP contribution < -0.4 is 5.32 Å². The second-order valence-corrected chi connectivity index (χ2v) is 5.87. The molecule has 0 spiro atoms. The Morgan fingerprint density at radius 1 is 1.20 bits per heavy atom. The molecule has 6 heteroatoms. The van der Waals surface area contributed by atoms with E-state index in [0.29, 0.717) is 12.1 Å². The first-order valence-electron chi connectivity index (χ1n) is 7.46. The smallest absolute Gasteiger partial charge is 0.163 e. The summed E-state index contributed by atoms with van der Waals surface area (Å²) < 4.78 is 1.80. The van der Waals surface area contributed by atoms with E-state index in [1.54, 1.807) is 11.0 Å². The lowest BCUT2D eigenvalue weighted by Gasteiger charge is -2.32. The standard InChI is InChI=1S/C14H20N6/c1-19-14-10(8-17-19)13(15-9-16-14)18-11-5-7-20-6-3-2-4-12(11)20/h8-9,11-12H,2-7H2,1H3,(H,15,16,18)/t11-,12-/m1/s1. The van der Waals surface area contributed by atoms with Crippen molar-refractivity contribution in [2.75, 3.05) is 18.4 Å². The summed E-state index contributed by atoms with van der Waals surface area (Å²) in [7, 11) is 1.91. The van der Waals surface area contributed by atoms with Crippen LogP contribution in [0.4, 0.5) is 5.82 Å². The average Bonchev–Trinajstić information content (AvgIpc) is 3.05. The van der Waals surface area contributed by atoms with Gasteiger partial charge in [0, 0.05) is 25.7 Å². The van der Waals surface area contributed by atoms with Gasteiger partial charge in [-0.2, -0.15) is 5.10 Å². The van der Waals surface area contributed by atoms with E-state index in [9.17, 15) is 0 Å². The molecule has 0 amide bonds. The minimum absolute atomic E-state index is 0.508. The summed E-state index contributed by atoms with van der Waals surface area (Å²) in [4.78, 5) is 11.4. The van der Waals surface area contributed by atoms with E-state index in [1.165, 1.54) is 38.8 Å². The van der Waals surface area contributed by atoms with Gasteiger partial charge in [-0.25, -0.2) is 9.97 Å². The van der Waals surface area contributed by atoms with Crippen molar-refractivity contribution in [1.82, 2.24) is 24.6 Å². The van der Waals surface area contributed by atoms with E-state index in [2.05, 4.69) is 25.3 Å². The van der Waals surface area contributed by atoms with E-state index >= 15 is 0 Å².